The Morgan fingerprint density at radius 2 is 1.76 bits per heavy atom. The van der Waals surface area contributed by atoms with Crippen molar-refractivity contribution in [2.24, 2.45) is 0 Å². The molecule has 0 spiro atoms. The summed E-state index contributed by atoms with van der Waals surface area (Å²) in [6.45, 7) is 2.68. The molecule has 2 aromatic carbocycles. The van der Waals surface area contributed by atoms with Crippen LogP contribution in [-0.2, 0) is 13.2 Å². The van der Waals surface area contributed by atoms with Crippen LogP contribution in [0.15, 0.2) is 74.9 Å². The van der Waals surface area contributed by atoms with Crippen molar-refractivity contribution in [2.45, 2.75) is 20.1 Å². The second kappa shape index (κ2) is 11.8. The number of hydrogen-bond acceptors (Lipinski definition) is 7. The van der Waals surface area contributed by atoms with E-state index in [1.54, 1.807) is 30.5 Å². The molecule has 1 N–H and O–H groups in total. The van der Waals surface area contributed by atoms with E-state index in [0.29, 0.717) is 18.1 Å². The Hall–Kier alpha value is -3.11. The number of pyridine rings is 1. The van der Waals surface area contributed by atoms with Gasteiger partial charge in [-0.3, -0.25) is 14.5 Å². The molecule has 0 radical (unpaired) electrons. The number of hydrogen-bond donors (Lipinski definition) is 1. The normalized spacial score (nSPS) is 10.5. The summed E-state index contributed by atoms with van der Waals surface area (Å²) in [5, 5.41) is 8.90. The van der Waals surface area contributed by atoms with Crippen LogP contribution in [0, 0.1) is 6.92 Å². The first-order chi connectivity index (χ1) is 16.0. The van der Waals surface area contributed by atoms with Gasteiger partial charge in [-0.25, -0.2) is 4.79 Å². The number of rotatable bonds is 9. The molecule has 2 aromatic heterocycles. The first kappa shape index (κ1) is 25.5. The summed E-state index contributed by atoms with van der Waals surface area (Å²) >= 11 is 0. The van der Waals surface area contributed by atoms with Crippen LogP contribution in [0.4, 0.5) is 0 Å². The van der Waals surface area contributed by atoms with Crippen LogP contribution in [0.2, 0.25) is 0 Å². The van der Waals surface area contributed by atoms with Crippen LogP contribution in [0.5, 0.6) is 11.5 Å². The van der Waals surface area contributed by atoms with Crippen LogP contribution in [0.25, 0.3) is 11.3 Å². The minimum absolute atomic E-state index is 0. The zero-order valence-corrected chi connectivity index (χ0v) is 20.9. The van der Waals surface area contributed by atoms with Crippen LogP contribution in [0.1, 0.15) is 16.7 Å². The Morgan fingerprint density at radius 1 is 1.00 bits per heavy atom. The van der Waals surface area contributed by atoms with Gasteiger partial charge in [0, 0.05) is 18.3 Å². The third-order valence-electron chi connectivity index (χ3n) is 4.90. The van der Waals surface area contributed by atoms with E-state index >= 15 is 0 Å². The number of nitrogens with zero attached hydrogens (tertiary/aromatic N) is 3. The number of ether oxygens (including phenoxy) is 2. The van der Waals surface area contributed by atoms with Crippen molar-refractivity contribution in [1.29, 1.82) is 0 Å². The third-order valence-corrected chi connectivity index (χ3v) is 4.90. The summed E-state index contributed by atoms with van der Waals surface area (Å²) in [5.41, 5.74) is 3.85. The molecule has 0 saturated heterocycles. The van der Waals surface area contributed by atoms with Crippen molar-refractivity contribution in [3.63, 3.8) is 0 Å². The molecule has 0 bridgehead atoms. The van der Waals surface area contributed by atoms with E-state index in [0.717, 1.165) is 32.7 Å². The zero-order valence-electron chi connectivity index (χ0n) is 18.9. The molecule has 0 unspecified atom stereocenters. The van der Waals surface area contributed by atoms with Gasteiger partial charge in [-0.1, -0.05) is 12.1 Å². The molecule has 34 heavy (non-hydrogen) atoms. The molecule has 0 atom stereocenters. The molecule has 2 heterocycles. The van der Waals surface area contributed by atoms with Crippen LogP contribution < -0.4 is 55.5 Å². The van der Waals surface area contributed by atoms with Gasteiger partial charge in [-0.05, 0) is 66.1 Å². The van der Waals surface area contributed by atoms with E-state index in [4.69, 9.17) is 19.1 Å². The Morgan fingerprint density at radius 3 is 2.44 bits per heavy atom. The SMILES string of the molecule is Cc1cc(OCCO)ccc1-c1cc(COc2ccc(Cn3oc(=O)[n-]c3=O)cc2)ccn1.[Na+]. The van der Waals surface area contributed by atoms with Crippen molar-refractivity contribution in [1.82, 2.24) is 14.7 Å². The van der Waals surface area contributed by atoms with Gasteiger partial charge in [0.15, 0.2) is 5.69 Å². The average molecular weight is 471 g/mol. The minimum Gasteiger partial charge on any atom is -0.491 e. The van der Waals surface area contributed by atoms with Gasteiger partial charge in [0.25, 0.3) is 0 Å². The van der Waals surface area contributed by atoms with E-state index in [1.807, 2.05) is 37.3 Å². The summed E-state index contributed by atoms with van der Waals surface area (Å²) in [6.07, 6.45) is 1.74. The summed E-state index contributed by atoms with van der Waals surface area (Å²) < 4.78 is 17.0. The summed E-state index contributed by atoms with van der Waals surface area (Å²) in [5.74, 6) is 0.459. The van der Waals surface area contributed by atoms with Gasteiger partial charge < -0.3 is 24.1 Å². The fraction of sp³-hybridized carbons (Fsp3) is 0.208. The van der Waals surface area contributed by atoms with Crippen molar-refractivity contribution in [3.05, 3.63) is 98.5 Å². The average Bonchev–Trinajstić information content (AvgIpc) is 3.13. The van der Waals surface area contributed by atoms with E-state index in [9.17, 15) is 9.59 Å². The van der Waals surface area contributed by atoms with Gasteiger partial charge in [0.2, 0.25) is 0 Å². The van der Waals surface area contributed by atoms with E-state index in [1.165, 1.54) is 0 Å². The van der Waals surface area contributed by atoms with E-state index in [-0.39, 0.29) is 49.3 Å². The Balaban J connectivity index is 0.00000324. The predicted octanol–water partition coefficient (Wildman–Crippen LogP) is -0.868. The minimum atomic E-state index is -0.905. The molecule has 0 saturated carbocycles. The van der Waals surface area contributed by atoms with Crippen LogP contribution in [0.3, 0.4) is 0 Å². The molecule has 4 rings (SSSR count). The molecule has 0 amide bonds. The van der Waals surface area contributed by atoms with Crippen LogP contribution >= 0.6 is 0 Å². The molecule has 0 fully saturated rings. The van der Waals surface area contributed by atoms with Crippen LogP contribution in [-0.4, -0.2) is 28.0 Å². The summed E-state index contributed by atoms with van der Waals surface area (Å²) in [6, 6.07) is 16.7. The molecule has 10 heteroatoms. The molecule has 0 aliphatic carbocycles. The summed E-state index contributed by atoms with van der Waals surface area (Å²) in [7, 11) is 0. The van der Waals surface area contributed by atoms with E-state index in [2.05, 4.69) is 9.97 Å². The first-order valence-corrected chi connectivity index (χ1v) is 10.3. The number of aryl methyl sites for hydroxylation is 1. The molecule has 9 nitrogen and oxygen atoms in total. The number of aliphatic hydroxyl groups excluding tert-OH is 1. The number of aliphatic hydroxyl groups is 1. The third kappa shape index (κ3) is 6.48. The maximum Gasteiger partial charge on any atom is 1.00 e. The molecule has 0 aliphatic heterocycles. The number of aromatic nitrogens is 3. The topological polar surface area (TPSA) is 118 Å². The quantitative estimate of drug-likeness (QED) is 0.313. The maximum absolute atomic E-state index is 11.5. The van der Waals surface area contributed by atoms with Crippen molar-refractivity contribution < 1.29 is 48.7 Å². The number of benzene rings is 2. The summed E-state index contributed by atoms with van der Waals surface area (Å²) in [4.78, 5) is 30.2. The largest absolute Gasteiger partial charge is 1.00 e. The molecule has 170 valence electrons. The smallest absolute Gasteiger partial charge is 0.491 e. The second-order valence-electron chi connectivity index (χ2n) is 7.32. The predicted molar refractivity (Wildman–Crippen MR) is 119 cm³/mol. The standard InChI is InChI=1S/C24H23N3O6.Na/c1-16-12-20(31-11-10-28)6-7-21(16)22-13-18(8-9-25-22)15-32-19-4-2-17(3-5-19)14-27-23(29)26-24(30)33-27;/h2-9,12-13,28H,10-11,14-15H2,1H3,(H,26,29,30);/q;+1/p-1. The fourth-order valence-electron chi connectivity index (χ4n) is 3.30. The Kier molecular flexibility index (Phi) is 8.89. The molecular weight excluding hydrogens is 449 g/mol. The van der Waals surface area contributed by atoms with Crippen molar-refractivity contribution in [2.75, 3.05) is 13.2 Å². The van der Waals surface area contributed by atoms with Gasteiger partial charge in [-0.2, -0.15) is 0 Å². The van der Waals surface area contributed by atoms with E-state index < -0.39 is 11.4 Å². The fourth-order valence-corrected chi connectivity index (χ4v) is 3.30. The Labute approximate surface area is 217 Å². The van der Waals surface area contributed by atoms with Gasteiger partial charge in [-0.15, -0.1) is 0 Å². The second-order valence-corrected chi connectivity index (χ2v) is 7.32. The Bertz CT molecular complexity index is 1340. The first-order valence-electron chi connectivity index (χ1n) is 10.3. The molecular formula is C24H22N3NaO6. The van der Waals surface area contributed by atoms with Crippen molar-refractivity contribution >= 4 is 0 Å². The van der Waals surface area contributed by atoms with Gasteiger partial charge in [0.05, 0.1) is 12.3 Å². The van der Waals surface area contributed by atoms with Crippen molar-refractivity contribution in [3.8, 4) is 22.8 Å². The zero-order chi connectivity index (χ0) is 23.2. The molecule has 0 aliphatic rings. The molecule has 4 aromatic rings. The van der Waals surface area contributed by atoms with Gasteiger partial charge >= 0.3 is 35.3 Å². The van der Waals surface area contributed by atoms with Gasteiger partial charge in [0.1, 0.15) is 24.7 Å². The monoisotopic (exact) mass is 471 g/mol. The maximum atomic E-state index is 11.5.